The number of nitrogens with one attached hydrogen (secondary N) is 1. The minimum atomic E-state index is -0.0222. The zero-order valence-electron chi connectivity index (χ0n) is 11.5. The predicted octanol–water partition coefficient (Wildman–Crippen LogP) is 2.33. The lowest BCUT2D eigenvalue weighted by atomic mass is 9.85. The van der Waals surface area contributed by atoms with Gasteiger partial charge in [-0.1, -0.05) is 20.3 Å². The molecule has 1 fully saturated rings. The lowest BCUT2D eigenvalue weighted by molar-refractivity contribution is 0.0792. The molecule has 0 amide bonds. The van der Waals surface area contributed by atoms with Gasteiger partial charge in [-0.3, -0.25) is 0 Å². The molecule has 0 aliphatic heterocycles. The van der Waals surface area contributed by atoms with Crippen LogP contribution in [-0.2, 0) is 4.74 Å². The zero-order chi connectivity index (χ0) is 12.6. The van der Waals surface area contributed by atoms with Crippen molar-refractivity contribution >= 4 is 0 Å². The fraction of sp³-hybridized carbons (Fsp3) is 1.00. The molecule has 1 aliphatic rings. The van der Waals surface area contributed by atoms with E-state index in [0.717, 1.165) is 45.4 Å². The average Bonchev–Trinajstić information content (AvgIpc) is 2.76. The molecule has 0 saturated heterocycles. The van der Waals surface area contributed by atoms with Crippen LogP contribution in [0.3, 0.4) is 0 Å². The first kappa shape index (κ1) is 14.9. The van der Waals surface area contributed by atoms with Gasteiger partial charge in [-0.25, -0.2) is 0 Å². The summed E-state index contributed by atoms with van der Waals surface area (Å²) in [5.41, 5.74) is -0.0222. The van der Waals surface area contributed by atoms with E-state index >= 15 is 0 Å². The zero-order valence-corrected chi connectivity index (χ0v) is 11.5. The standard InChI is InChI=1S/C14H29NO2/c1-3-9-15-14(12-16)8-5-6-13(14)7-11-17-10-4-2/h13,15-16H,3-12H2,1-2H3. The Labute approximate surface area is 106 Å². The number of aliphatic hydroxyl groups is 1. The van der Waals surface area contributed by atoms with Crippen LogP contribution in [0.4, 0.5) is 0 Å². The van der Waals surface area contributed by atoms with E-state index in [2.05, 4.69) is 19.2 Å². The molecule has 0 aromatic heterocycles. The monoisotopic (exact) mass is 243 g/mol. The molecule has 1 saturated carbocycles. The van der Waals surface area contributed by atoms with Crippen LogP contribution in [0.15, 0.2) is 0 Å². The molecule has 1 rings (SSSR count). The van der Waals surface area contributed by atoms with Crippen molar-refractivity contribution in [3.8, 4) is 0 Å². The third-order valence-electron chi connectivity index (χ3n) is 3.93. The molecule has 102 valence electrons. The molecule has 0 heterocycles. The molecule has 2 unspecified atom stereocenters. The first-order chi connectivity index (χ1) is 8.29. The Bertz CT molecular complexity index is 199. The van der Waals surface area contributed by atoms with Gasteiger partial charge in [0.25, 0.3) is 0 Å². The first-order valence-electron chi connectivity index (χ1n) is 7.22. The minimum Gasteiger partial charge on any atom is -0.394 e. The summed E-state index contributed by atoms with van der Waals surface area (Å²) in [6.07, 6.45) is 6.87. The summed E-state index contributed by atoms with van der Waals surface area (Å²) in [6, 6.07) is 0. The molecular formula is C14H29NO2. The number of ether oxygens (including phenoxy) is 1. The van der Waals surface area contributed by atoms with Gasteiger partial charge in [-0.2, -0.15) is 0 Å². The van der Waals surface area contributed by atoms with Crippen molar-refractivity contribution in [1.29, 1.82) is 0 Å². The van der Waals surface area contributed by atoms with Crippen LogP contribution in [0, 0.1) is 5.92 Å². The summed E-state index contributed by atoms with van der Waals surface area (Å²) < 4.78 is 5.58. The molecule has 0 bridgehead atoms. The molecule has 2 N–H and O–H groups in total. The van der Waals surface area contributed by atoms with Crippen LogP contribution < -0.4 is 5.32 Å². The summed E-state index contributed by atoms with van der Waals surface area (Å²) in [6.45, 7) is 7.29. The first-order valence-corrected chi connectivity index (χ1v) is 7.22. The number of hydrogen-bond donors (Lipinski definition) is 2. The van der Waals surface area contributed by atoms with Crippen LogP contribution in [0.2, 0.25) is 0 Å². The van der Waals surface area contributed by atoms with Crippen LogP contribution in [0.5, 0.6) is 0 Å². The molecule has 2 atom stereocenters. The van der Waals surface area contributed by atoms with Crippen molar-refractivity contribution in [1.82, 2.24) is 5.32 Å². The summed E-state index contributed by atoms with van der Waals surface area (Å²) in [5.74, 6) is 0.580. The maximum Gasteiger partial charge on any atom is 0.0616 e. The van der Waals surface area contributed by atoms with Gasteiger partial charge in [0.15, 0.2) is 0 Å². The van der Waals surface area contributed by atoms with E-state index in [-0.39, 0.29) is 12.1 Å². The van der Waals surface area contributed by atoms with E-state index in [1.807, 2.05) is 0 Å². The van der Waals surface area contributed by atoms with Gasteiger partial charge < -0.3 is 15.2 Å². The van der Waals surface area contributed by atoms with Gasteiger partial charge >= 0.3 is 0 Å². The van der Waals surface area contributed by atoms with E-state index in [4.69, 9.17) is 4.74 Å². The molecule has 0 aromatic carbocycles. The van der Waals surface area contributed by atoms with Crippen molar-refractivity contribution in [3.63, 3.8) is 0 Å². The van der Waals surface area contributed by atoms with E-state index in [1.165, 1.54) is 12.8 Å². The molecule has 0 aromatic rings. The van der Waals surface area contributed by atoms with Gasteiger partial charge in [0.1, 0.15) is 0 Å². The highest BCUT2D eigenvalue weighted by molar-refractivity contribution is 4.98. The SMILES string of the molecule is CCCNC1(CO)CCCC1CCOCCC. The molecule has 1 aliphatic carbocycles. The van der Waals surface area contributed by atoms with Crippen LogP contribution >= 0.6 is 0 Å². The second kappa shape index (κ2) is 8.06. The van der Waals surface area contributed by atoms with Gasteiger partial charge in [0.2, 0.25) is 0 Å². The molecule has 17 heavy (non-hydrogen) atoms. The lowest BCUT2D eigenvalue weighted by Gasteiger charge is -2.35. The van der Waals surface area contributed by atoms with Gasteiger partial charge in [-0.05, 0) is 44.6 Å². The second-order valence-electron chi connectivity index (χ2n) is 5.23. The Morgan fingerprint density at radius 3 is 2.76 bits per heavy atom. The largest absolute Gasteiger partial charge is 0.394 e. The Kier molecular flexibility index (Phi) is 7.09. The Morgan fingerprint density at radius 1 is 1.29 bits per heavy atom. The summed E-state index contributed by atoms with van der Waals surface area (Å²) >= 11 is 0. The Balaban J connectivity index is 2.38. The maximum absolute atomic E-state index is 9.71. The molecular weight excluding hydrogens is 214 g/mol. The topological polar surface area (TPSA) is 41.5 Å². The van der Waals surface area contributed by atoms with E-state index < -0.39 is 0 Å². The van der Waals surface area contributed by atoms with Gasteiger partial charge in [0, 0.05) is 18.8 Å². The molecule has 0 radical (unpaired) electrons. The average molecular weight is 243 g/mol. The van der Waals surface area contributed by atoms with Crippen molar-refractivity contribution in [2.24, 2.45) is 5.92 Å². The smallest absolute Gasteiger partial charge is 0.0616 e. The molecule has 3 nitrogen and oxygen atoms in total. The fourth-order valence-electron chi connectivity index (χ4n) is 2.91. The van der Waals surface area contributed by atoms with Crippen LogP contribution in [-0.4, -0.2) is 37.0 Å². The van der Waals surface area contributed by atoms with Crippen LogP contribution in [0.25, 0.3) is 0 Å². The lowest BCUT2D eigenvalue weighted by Crippen LogP contribution is -2.51. The fourth-order valence-corrected chi connectivity index (χ4v) is 2.91. The van der Waals surface area contributed by atoms with Crippen molar-refractivity contribution in [3.05, 3.63) is 0 Å². The third kappa shape index (κ3) is 4.23. The minimum absolute atomic E-state index is 0.0222. The van der Waals surface area contributed by atoms with Gasteiger partial charge in [0.05, 0.1) is 6.61 Å². The highest BCUT2D eigenvalue weighted by Crippen LogP contribution is 2.37. The summed E-state index contributed by atoms with van der Waals surface area (Å²) in [4.78, 5) is 0. The van der Waals surface area contributed by atoms with Crippen molar-refractivity contribution in [2.45, 2.75) is 57.9 Å². The molecule has 3 heteroatoms. The maximum atomic E-state index is 9.71. The summed E-state index contributed by atoms with van der Waals surface area (Å²) in [7, 11) is 0. The number of aliphatic hydroxyl groups excluding tert-OH is 1. The highest BCUT2D eigenvalue weighted by Gasteiger charge is 2.41. The third-order valence-corrected chi connectivity index (χ3v) is 3.93. The normalized spacial score (nSPS) is 28.8. The predicted molar refractivity (Wildman–Crippen MR) is 71.2 cm³/mol. The van der Waals surface area contributed by atoms with Gasteiger partial charge in [-0.15, -0.1) is 0 Å². The number of rotatable bonds is 9. The van der Waals surface area contributed by atoms with Crippen molar-refractivity contribution in [2.75, 3.05) is 26.4 Å². The van der Waals surface area contributed by atoms with E-state index in [0.29, 0.717) is 5.92 Å². The Hall–Kier alpha value is -0.120. The quantitative estimate of drug-likeness (QED) is 0.611. The number of hydrogen-bond acceptors (Lipinski definition) is 3. The van der Waals surface area contributed by atoms with E-state index in [1.54, 1.807) is 0 Å². The van der Waals surface area contributed by atoms with Crippen LogP contribution in [0.1, 0.15) is 52.4 Å². The highest BCUT2D eigenvalue weighted by atomic mass is 16.5. The molecule has 0 spiro atoms. The Morgan fingerprint density at radius 2 is 2.12 bits per heavy atom. The van der Waals surface area contributed by atoms with Crippen molar-refractivity contribution < 1.29 is 9.84 Å². The van der Waals surface area contributed by atoms with E-state index in [9.17, 15) is 5.11 Å². The summed E-state index contributed by atoms with van der Waals surface area (Å²) in [5, 5.41) is 13.3. The second-order valence-corrected chi connectivity index (χ2v) is 5.23.